The highest BCUT2D eigenvalue weighted by atomic mass is 19.1. The summed E-state index contributed by atoms with van der Waals surface area (Å²) < 4.78 is 32.0. The van der Waals surface area contributed by atoms with Crippen molar-refractivity contribution < 1.29 is 18.4 Å². The van der Waals surface area contributed by atoms with E-state index in [0.29, 0.717) is 12.4 Å². The van der Waals surface area contributed by atoms with Gasteiger partial charge in [-0.3, -0.25) is 0 Å². The van der Waals surface area contributed by atoms with E-state index in [4.69, 9.17) is 9.57 Å². The molecule has 1 saturated heterocycles. The first-order chi connectivity index (χ1) is 9.72. The van der Waals surface area contributed by atoms with Crippen molar-refractivity contribution in [3.05, 3.63) is 59.7 Å². The summed E-state index contributed by atoms with van der Waals surface area (Å²) >= 11 is 0. The fourth-order valence-corrected chi connectivity index (χ4v) is 2.11. The van der Waals surface area contributed by atoms with E-state index in [1.807, 2.05) is 12.1 Å². The van der Waals surface area contributed by atoms with Crippen molar-refractivity contribution in [2.75, 3.05) is 6.61 Å². The lowest BCUT2D eigenvalue weighted by Crippen LogP contribution is -2.11. The molecule has 0 saturated carbocycles. The maximum atomic E-state index is 13.5. The van der Waals surface area contributed by atoms with Gasteiger partial charge in [-0.15, -0.1) is 0 Å². The summed E-state index contributed by atoms with van der Waals surface area (Å²) in [5.74, 6) is -0.805. The van der Waals surface area contributed by atoms with Gasteiger partial charge in [-0.25, -0.2) is 8.78 Å². The van der Waals surface area contributed by atoms with Gasteiger partial charge in [0.15, 0.2) is 11.6 Å². The van der Waals surface area contributed by atoms with Crippen LogP contribution >= 0.6 is 0 Å². The average Bonchev–Trinajstić information content (AvgIpc) is 2.97. The predicted octanol–water partition coefficient (Wildman–Crippen LogP) is 3.72. The van der Waals surface area contributed by atoms with Crippen LogP contribution in [0.3, 0.4) is 0 Å². The molecule has 20 heavy (non-hydrogen) atoms. The molecule has 3 rings (SSSR count). The Bertz CT molecular complexity index is 613. The van der Waals surface area contributed by atoms with Crippen molar-refractivity contribution in [3.63, 3.8) is 0 Å². The molecule has 1 heterocycles. The van der Waals surface area contributed by atoms with E-state index < -0.39 is 11.6 Å². The van der Waals surface area contributed by atoms with Gasteiger partial charge in [0.05, 0.1) is 12.6 Å². The van der Waals surface area contributed by atoms with Gasteiger partial charge in [-0.1, -0.05) is 12.1 Å². The summed E-state index contributed by atoms with van der Waals surface area (Å²) in [5.41, 5.74) is 3.88. The maximum Gasteiger partial charge on any atom is 0.165 e. The second-order valence-electron chi connectivity index (χ2n) is 4.56. The molecule has 0 aromatic heterocycles. The van der Waals surface area contributed by atoms with Gasteiger partial charge in [0.1, 0.15) is 11.6 Å². The van der Waals surface area contributed by atoms with Gasteiger partial charge in [0, 0.05) is 6.07 Å². The van der Waals surface area contributed by atoms with Crippen molar-refractivity contribution in [1.29, 1.82) is 0 Å². The zero-order chi connectivity index (χ0) is 13.9. The fraction of sp³-hybridized carbons (Fsp3) is 0.200. The van der Waals surface area contributed by atoms with Crippen LogP contribution in [0.2, 0.25) is 0 Å². The highest BCUT2D eigenvalue weighted by Crippen LogP contribution is 2.29. The molecule has 0 spiro atoms. The van der Waals surface area contributed by atoms with Crippen LogP contribution in [0.1, 0.15) is 18.0 Å². The molecule has 2 aromatic carbocycles. The van der Waals surface area contributed by atoms with Gasteiger partial charge in [0.25, 0.3) is 0 Å². The Balaban J connectivity index is 1.83. The van der Waals surface area contributed by atoms with Crippen molar-refractivity contribution in [2.45, 2.75) is 12.5 Å². The van der Waals surface area contributed by atoms with Gasteiger partial charge < -0.3 is 9.57 Å². The Kier molecular flexibility index (Phi) is 3.62. The summed E-state index contributed by atoms with van der Waals surface area (Å²) in [6.07, 6.45) is 0.859. The number of hydrogen-bond acceptors (Lipinski definition) is 3. The zero-order valence-electron chi connectivity index (χ0n) is 10.6. The molecule has 1 N–H and O–H groups in total. The SMILES string of the molecule is Fc1ccc(F)c(Oc2cccc([C@H]3CCON3)c2)c1. The lowest BCUT2D eigenvalue weighted by atomic mass is 10.1. The smallest absolute Gasteiger partial charge is 0.165 e. The number of hydrogen-bond donors (Lipinski definition) is 1. The molecule has 0 radical (unpaired) electrons. The van der Waals surface area contributed by atoms with Crippen LogP contribution in [-0.2, 0) is 4.84 Å². The second-order valence-corrected chi connectivity index (χ2v) is 4.56. The van der Waals surface area contributed by atoms with Crippen LogP contribution < -0.4 is 10.2 Å². The van der Waals surface area contributed by atoms with Crippen LogP contribution in [0.5, 0.6) is 11.5 Å². The van der Waals surface area contributed by atoms with Gasteiger partial charge in [0.2, 0.25) is 0 Å². The van der Waals surface area contributed by atoms with E-state index in [-0.39, 0.29) is 11.8 Å². The van der Waals surface area contributed by atoms with Crippen molar-refractivity contribution >= 4 is 0 Å². The Morgan fingerprint density at radius 1 is 1.15 bits per heavy atom. The van der Waals surface area contributed by atoms with Gasteiger partial charge in [-0.2, -0.15) is 5.48 Å². The van der Waals surface area contributed by atoms with E-state index in [9.17, 15) is 8.78 Å². The molecule has 0 amide bonds. The highest BCUT2D eigenvalue weighted by molar-refractivity contribution is 5.36. The molecule has 2 aromatic rings. The van der Waals surface area contributed by atoms with Crippen LogP contribution in [0.25, 0.3) is 0 Å². The molecular weight excluding hydrogens is 264 g/mol. The maximum absolute atomic E-state index is 13.5. The molecule has 5 heteroatoms. The third-order valence-corrected chi connectivity index (χ3v) is 3.12. The molecule has 1 fully saturated rings. The predicted molar refractivity (Wildman–Crippen MR) is 69.3 cm³/mol. The number of nitrogens with one attached hydrogen (secondary N) is 1. The minimum absolute atomic E-state index is 0.0934. The largest absolute Gasteiger partial charge is 0.454 e. The van der Waals surface area contributed by atoms with Crippen LogP contribution in [-0.4, -0.2) is 6.61 Å². The molecule has 0 unspecified atom stereocenters. The third-order valence-electron chi connectivity index (χ3n) is 3.12. The van der Waals surface area contributed by atoms with E-state index in [1.54, 1.807) is 12.1 Å². The lowest BCUT2D eigenvalue weighted by Gasteiger charge is -2.12. The summed E-state index contributed by atoms with van der Waals surface area (Å²) in [5, 5.41) is 0. The molecule has 1 aliphatic rings. The number of benzene rings is 2. The Labute approximate surface area is 115 Å². The standard InChI is InChI=1S/C15H13F2NO2/c16-11-4-5-13(17)15(9-11)20-12-3-1-2-10(8-12)14-6-7-19-18-14/h1-5,8-9,14,18H,6-7H2/t14-/m1/s1. The second kappa shape index (κ2) is 5.56. The first kappa shape index (κ1) is 13.0. The van der Waals surface area contributed by atoms with Crippen molar-refractivity contribution in [1.82, 2.24) is 5.48 Å². The molecule has 0 bridgehead atoms. The number of rotatable bonds is 3. The first-order valence-corrected chi connectivity index (χ1v) is 6.32. The molecular formula is C15H13F2NO2. The Morgan fingerprint density at radius 2 is 2.05 bits per heavy atom. The minimum Gasteiger partial charge on any atom is -0.454 e. The summed E-state index contributed by atoms with van der Waals surface area (Å²) in [6.45, 7) is 0.647. The van der Waals surface area contributed by atoms with Crippen molar-refractivity contribution in [2.24, 2.45) is 0 Å². The quantitative estimate of drug-likeness (QED) is 0.927. The molecule has 104 valence electrons. The summed E-state index contributed by atoms with van der Waals surface area (Å²) in [6, 6.07) is 10.4. The fourth-order valence-electron chi connectivity index (χ4n) is 2.11. The van der Waals surface area contributed by atoms with Crippen LogP contribution in [0, 0.1) is 11.6 Å². The number of halogens is 2. The summed E-state index contributed by atoms with van der Waals surface area (Å²) in [7, 11) is 0. The lowest BCUT2D eigenvalue weighted by molar-refractivity contribution is 0.0882. The molecule has 3 nitrogen and oxygen atoms in total. The molecule has 0 aliphatic carbocycles. The number of ether oxygens (including phenoxy) is 1. The normalized spacial score (nSPS) is 18.2. The third kappa shape index (κ3) is 2.79. The molecule has 1 atom stereocenters. The minimum atomic E-state index is -0.598. The van der Waals surface area contributed by atoms with E-state index in [2.05, 4.69) is 5.48 Å². The van der Waals surface area contributed by atoms with Gasteiger partial charge in [-0.05, 0) is 36.2 Å². The van der Waals surface area contributed by atoms with E-state index in [0.717, 1.165) is 30.2 Å². The van der Waals surface area contributed by atoms with Crippen LogP contribution in [0.15, 0.2) is 42.5 Å². The number of hydroxylamine groups is 1. The Morgan fingerprint density at radius 3 is 2.85 bits per heavy atom. The zero-order valence-corrected chi connectivity index (χ0v) is 10.6. The van der Waals surface area contributed by atoms with Crippen molar-refractivity contribution in [3.8, 4) is 11.5 Å². The first-order valence-electron chi connectivity index (χ1n) is 6.32. The average molecular weight is 277 g/mol. The highest BCUT2D eigenvalue weighted by Gasteiger charge is 2.17. The summed E-state index contributed by atoms with van der Waals surface area (Å²) in [4.78, 5) is 5.10. The van der Waals surface area contributed by atoms with E-state index >= 15 is 0 Å². The van der Waals surface area contributed by atoms with E-state index in [1.165, 1.54) is 0 Å². The topological polar surface area (TPSA) is 30.5 Å². The Hall–Kier alpha value is -1.98. The van der Waals surface area contributed by atoms with Gasteiger partial charge >= 0.3 is 0 Å². The van der Waals surface area contributed by atoms with Crippen LogP contribution in [0.4, 0.5) is 8.78 Å². The molecule has 1 aliphatic heterocycles. The monoisotopic (exact) mass is 277 g/mol.